The minimum atomic E-state index is -0.366. The van der Waals surface area contributed by atoms with Crippen LogP contribution in [0.3, 0.4) is 0 Å². The van der Waals surface area contributed by atoms with Gasteiger partial charge >= 0.3 is 0 Å². The normalized spacial score (nSPS) is 14.2. The van der Waals surface area contributed by atoms with E-state index in [2.05, 4.69) is 5.32 Å². The second kappa shape index (κ2) is 6.69. The molecule has 1 atom stereocenters. The van der Waals surface area contributed by atoms with Crippen LogP contribution in [-0.2, 0) is 11.2 Å². The van der Waals surface area contributed by atoms with Gasteiger partial charge in [-0.3, -0.25) is 4.79 Å². The van der Waals surface area contributed by atoms with E-state index in [-0.39, 0.29) is 24.2 Å². The zero-order valence-corrected chi connectivity index (χ0v) is 12.8. The molecule has 1 aliphatic rings. The zero-order valence-electron chi connectivity index (χ0n) is 12.8. The van der Waals surface area contributed by atoms with Crippen LogP contribution in [0.15, 0.2) is 42.5 Å². The van der Waals surface area contributed by atoms with Crippen LogP contribution in [0.2, 0.25) is 0 Å². The van der Waals surface area contributed by atoms with E-state index in [0.717, 1.165) is 5.56 Å². The van der Waals surface area contributed by atoms with E-state index >= 15 is 0 Å². The first-order chi connectivity index (χ1) is 11.1. The minimum Gasteiger partial charge on any atom is -0.486 e. The first-order valence-electron chi connectivity index (χ1n) is 7.56. The highest BCUT2D eigenvalue weighted by Gasteiger charge is 2.16. The molecule has 2 aromatic rings. The van der Waals surface area contributed by atoms with Gasteiger partial charge in [-0.2, -0.15) is 0 Å². The van der Waals surface area contributed by atoms with E-state index < -0.39 is 0 Å². The lowest BCUT2D eigenvalue weighted by molar-refractivity contribution is -0.121. The van der Waals surface area contributed by atoms with Gasteiger partial charge in [0.1, 0.15) is 19.0 Å². The predicted octanol–water partition coefficient (Wildman–Crippen LogP) is 3.02. The summed E-state index contributed by atoms with van der Waals surface area (Å²) in [6.45, 7) is 2.94. The quantitative estimate of drug-likeness (QED) is 0.943. The average Bonchev–Trinajstić information content (AvgIpc) is 2.56. The maximum Gasteiger partial charge on any atom is 0.225 e. The lowest BCUT2D eigenvalue weighted by Crippen LogP contribution is -2.28. The molecule has 5 heteroatoms. The van der Waals surface area contributed by atoms with Crippen molar-refractivity contribution in [3.05, 3.63) is 59.4 Å². The van der Waals surface area contributed by atoms with Gasteiger partial charge in [0.25, 0.3) is 0 Å². The highest BCUT2D eigenvalue weighted by molar-refractivity contribution is 5.79. The van der Waals surface area contributed by atoms with Crippen LogP contribution in [-0.4, -0.2) is 19.1 Å². The molecule has 0 saturated carbocycles. The number of benzene rings is 2. The average molecular weight is 315 g/mol. The van der Waals surface area contributed by atoms with Gasteiger partial charge in [0.05, 0.1) is 12.5 Å². The fourth-order valence-corrected chi connectivity index (χ4v) is 2.52. The Bertz CT molecular complexity index is 717. The molecule has 2 aromatic carbocycles. The number of halogens is 1. The number of hydrogen-bond donors (Lipinski definition) is 1. The first kappa shape index (κ1) is 15.3. The summed E-state index contributed by atoms with van der Waals surface area (Å²) in [5.74, 6) is 0.806. The molecule has 0 unspecified atom stereocenters. The standard InChI is InChI=1S/C18H18FNO3/c1-12(13-6-7-16-17(10-13)23-9-8-22-16)20-18(21)11-14-4-2-3-5-15(14)19/h2-7,10,12H,8-9,11H2,1H3,(H,20,21)/t12-/m1/s1. The summed E-state index contributed by atoms with van der Waals surface area (Å²) < 4.78 is 24.6. The molecule has 120 valence electrons. The van der Waals surface area contributed by atoms with Gasteiger partial charge in [0.2, 0.25) is 5.91 Å². The molecule has 0 saturated heterocycles. The number of carbonyl (C=O) groups excluding carboxylic acids is 1. The molecule has 0 spiro atoms. The van der Waals surface area contributed by atoms with Crippen LogP contribution in [0, 0.1) is 5.82 Å². The Morgan fingerprint density at radius 2 is 1.91 bits per heavy atom. The summed E-state index contributed by atoms with van der Waals surface area (Å²) >= 11 is 0. The van der Waals surface area contributed by atoms with Crippen molar-refractivity contribution in [1.82, 2.24) is 5.32 Å². The van der Waals surface area contributed by atoms with E-state index in [1.807, 2.05) is 25.1 Å². The van der Waals surface area contributed by atoms with Gasteiger partial charge in [-0.25, -0.2) is 4.39 Å². The Kier molecular flexibility index (Phi) is 4.46. The third-order valence-electron chi connectivity index (χ3n) is 3.75. The Morgan fingerprint density at radius 3 is 2.70 bits per heavy atom. The number of nitrogens with one attached hydrogen (secondary N) is 1. The van der Waals surface area contributed by atoms with E-state index in [1.54, 1.807) is 18.2 Å². The summed E-state index contributed by atoms with van der Waals surface area (Å²) in [6.07, 6.45) is 0.0154. The smallest absolute Gasteiger partial charge is 0.225 e. The molecule has 4 nitrogen and oxygen atoms in total. The van der Waals surface area contributed by atoms with Gasteiger partial charge in [-0.05, 0) is 36.2 Å². The van der Waals surface area contributed by atoms with Crippen molar-refractivity contribution < 1.29 is 18.7 Å². The highest BCUT2D eigenvalue weighted by atomic mass is 19.1. The Hall–Kier alpha value is -2.56. The number of fused-ring (bicyclic) bond motifs is 1. The molecule has 0 bridgehead atoms. The van der Waals surface area contributed by atoms with Crippen LogP contribution in [0.25, 0.3) is 0 Å². The number of hydrogen-bond acceptors (Lipinski definition) is 3. The Morgan fingerprint density at radius 1 is 1.17 bits per heavy atom. The van der Waals surface area contributed by atoms with Crippen molar-refractivity contribution in [2.75, 3.05) is 13.2 Å². The van der Waals surface area contributed by atoms with Gasteiger partial charge in [-0.1, -0.05) is 24.3 Å². The molecular weight excluding hydrogens is 297 g/mol. The maximum atomic E-state index is 13.6. The van der Waals surface area contributed by atoms with Crippen molar-refractivity contribution >= 4 is 5.91 Å². The lowest BCUT2D eigenvalue weighted by Gasteiger charge is -2.21. The molecule has 1 heterocycles. The number of carbonyl (C=O) groups is 1. The third kappa shape index (κ3) is 3.62. The van der Waals surface area contributed by atoms with Crippen LogP contribution in [0.4, 0.5) is 4.39 Å². The van der Waals surface area contributed by atoms with E-state index in [4.69, 9.17) is 9.47 Å². The van der Waals surface area contributed by atoms with E-state index in [1.165, 1.54) is 6.07 Å². The maximum absolute atomic E-state index is 13.6. The molecule has 3 rings (SSSR count). The topological polar surface area (TPSA) is 47.6 Å². The molecule has 1 amide bonds. The summed E-state index contributed by atoms with van der Waals surface area (Å²) in [7, 11) is 0. The van der Waals surface area contributed by atoms with Gasteiger partial charge < -0.3 is 14.8 Å². The molecule has 0 radical (unpaired) electrons. The lowest BCUT2D eigenvalue weighted by atomic mass is 10.1. The van der Waals surface area contributed by atoms with Crippen molar-refractivity contribution in [1.29, 1.82) is 0 Å². The number of amides is 1. The van der Waals surface area contributed by atoms with E-state index in [9.17, 15) is 9.18 Å². The van der Waals surface area contributed by atoms with Crippen molar-refractivity contribution in [2.45, 2.75) is 19.4 Å². The van der Waals surface area contributed by atoms with Crippen molar-refractivity contribution in [3.8, 4) is 11.5 Å². The van der Waals surface area contributed by atoms with Crippen LogP contribution >= 0.6 is 0 Å². The molecule has 1 aliphatic heterocycles. The number of rotatable bonds is 4. The molecule has 0 fully saturated rings. The first-order valence-corrected chi connectivity index (χ1v) is 7.56. The van der Waals surface area contributed by atoms with Gasteiger partial charge in [-0.15, -0.1) is 0 Å². The summed E-state index contributed by atoms with van der Waals surface area (Å²) in [4.78, 5) is 12.1. The molecule has 23 heavy (non-hydrogen) atoms. The zero-order chi connectivity index (χ0) is 16.2. The van der Waals surface area contributed by atoms with Crippen molar-refractivity contribution in [2.24, 2.45) is 0 Å². The Balaban J connectivity index is 1.65. The third-order valence-corrected chi connectivity index (χ3v) is 3.75. The Labute approximate surface area is 134 Å². The predicted molar refractivity (Wildman–Crippen MR) is 84.1 cm³/mol. The van der Waals surface area contributed by atoms with E-state index in [0.29, 0.717) is 30.3 Å². The summed E-state index contributed by atoms with van der Waals surface area (Å²) in [5.41, 5.74) is 1.30. The molecular formula is C18H18FNO3. The molecule has 0 aromatic heterocycles. The summed E-state index contributed by atoms with van der Waals surface area (Å²) in [5, 5.41) is 2.88. The SMILES string of the molecule is C[C@@H](NC(=O)Cc1ccccc1F)c1ccc2c(c1)OCCO2. The largest absolute Gasteiger partial charge is 0.486 e. The highest BCUT2D eigenvalue weighted by Crippen LogP contribution is 2.32. The number of ether oxygens (including phenoxy) is 2. The second-order valence-electron chi connectivity index (χ2n) is 5.46. The van der Waals surface area contributed by atoms with Crippen LogP contribution < -0.4 is 14.8 Å². The minimum absolute atomic E-state index is 0.0154. The van der Waals surface area contributed by atoms with Crippen molar-refractivity contribution in [3.63, 3.8) is 0 Å². The molecule has 1 N–H and O–H groups in total. The fourth-order valence-electron chi connectivity index (χ4n) is 2.52. The van der Waals surface area contributed by atoms with Crippen LogP contribution in [0.5, 0.6) is 11.5 Å². The fraction of sp³-hybridized carbons (Fsp3) is 0.278. The van der Waals surface area contributed by atoms with Gasteiger partial charge in [0, 0.05) is 0 Å². The molecule has 0 aliphatic carbocycles. The van der Waals surface area contributed by atoms with Crippen LogP contribution in [0.1, 0.15) is 24.1 Å². The summed E-state index contributed by atoms with van der Waals surface area (Å²) in [6, 6.07) is 11.7. The second-order valence-corrected chi connectivity index (χ2v) is 5.46. The monoisotopic (exact) mass is 315 g/mol. The van der Waals surface area contributed by atoms with Gasteiger partial charge in [0.15, 0.2) is 11.5 Å².